The van der Waals surface area contributed by atoms with E-state index in [1.54, 1.807) is 42.7 Å². The summed E-state index contributed by atoms with van der Waals surface area (Å²) in [6, 6.07) is 12.6. The maximum atomic E-state index is 13.5. The van der Waals surface area contributed by atoms with Gasteiger partial charge in [-0.15, -0.1) is 24.8 Å². The van der Waals surface area contributed by atoms with Gasteiger partial charge in [-0.05, 0) is 60.0 Å². The van der Waals surface area contributed by atoms with Crippen molar-refractivity contribution in [3.8, 4) is 0 Å². The highest BCUT2D eigenvalue weighted by atomic mass is 35.5. The summed E-state index contributed by atoms with van der Waals surface area (Å²) in [5.41, 5.74) is 4.28. The lowest BCUT2D eigenvalue weighted by atomic mass is 10.0. The topological polar surface area (TPSA) is 112 Å². The number of carbonyl (C=O) groups is 2. The monoisotopic (exact) mass is 629 g/mol. The summed E-state index contributed by atoms with van der Waals surface area (Å²) in [6.45, 7) is 0.917. The van der Waals surface area contributed by atoms with E-state index in [4.69, 9.17) is 16.3 Å². The predicted octanol–water partition coefficient (Wildman–Crippen LogP) is 3.28. The smallest absolute Gasteiger partial charge is 0.331 e. The SMILES string of the molecule is COC(=O)C1CN(S(=O)(=O)c2ccc3cc(Cl)ccc3c2)CC(=O)N1NC1CCN(c2ccncc2)CC1.Cl.Cl. The fourth-order valence-corrected chi connectivity index (χ4v) is 6.54. The van der Waals surface area contributed by atoms with Gasteiger partial charge in [0.2, 0.25) is 10.0 Å². The molecule has 0 bridgehead atoms. The summed E-state index contributed by atoms with van der Waals surface area (Å²) in [6.07, 6.45) is 4.98. The molecule has 3 heterocycles. The lowest BCUT2D eigenvalue weighted by molar-refractivity contribution is -0.160. The third kappa shape index (κ3) is 6.62. The molecule has 0 aliphatic carbocycles. The van der Waals surface area contributed by atoms with Crippen molar-refractivity contribution in [2.75, 3.05) is 38.2 Å². The number of ether oxygens (including phenoxy) is 1. The molecule has 14 heteroatoms. The Morgan fingerprint density at radius 2 is 1.68 bits per heavy atom. The van der Waals surface area contributed by atoms with Crippen LogP contribution in [0.1, 0.15) is 12.8 Å². The highest BCUT2D eigenvalue weighted by molar-refractivity contribution is 7.89. The number of amides is 1. The fourth-order valence-electron chi connectivity index (χ4n) is 4.92. The maximum Gasteiger partial charge on any atom is 0.331 e. The van der Waals surface area contributed by atoms with E-state index in [9.17, 15) is 18.0 Å². The molecule has 10 nitrogen and oxygen atoms in total. The third-order valence-electron chi connectivity index (χ3n) is 7.00. The molecule has 1 aromatic heterocycles. The van der Waals surface area contributed by atoms with Crippen LogP contribution in [0, 0.1) is 0 Å². The average Bonchev–Trinajstić information content (AvgIpc) is 2.94. The van der Waals surface area contributed by atoms with Gasteiger partial charge in [-0.25, -0.2) is 18.6 Å². The summed E-state index contributed by atoms with van der Waals surface area (Å²) in [5.74, 6) is -1.20. The highest BCUT2D eigenvalue weighted by Crippen LogP contribution is 2.27. The Kier molecular flexibility index (Phi) is 10.6. The minimum Gasteiger partial charge on any atom is -0.467 e. The van der Waals surface area contributed by atoms with Crippen LogP contribution in [0.25, 0.3) is 10.8 Å². The number of piperazine rings is 1. The molecule has 2 saturated heterocycles. The number of fused-ring (bicyclic) bond motifs is 1. The number of aromatic nitrogens is 1. The Balaban J connectivity index is 0.00000220. The number of rotatable bonds is 6. The van der Waals surface area contributed by atoms with E-state index in [0.717, 1.165) is 41.3 Å². The van der Waals surface area contributed by atoms with Crippen molar-refractivity contribution in [3.05, 3.63) is 65.9 Å². The lowest BCUT2D eigenvalue weighted by Crippen LogP contribution is -2.66. The van der Waals surface area contributed by atoms with Crippen LogP contribution in [0.2, 0.25) is 5.02 Å². The zero-order valence-corrected chi connectivity index (χ0v) is 24.8. The van der Waals surface area contributed by atoms with Crippen LogP contribution in [0.15, 0.2) is 65.8 Å². The quantitative estimate of drug-likeness (QED) is 0.413. The number of carbonyl (C=O) groups excluding carboxylic acids is 2. The maximum absolute atomic E-state index is 13.5. The minimum absolute atomic E-state index is 0. The fraction of sp³-hybridized carbons (Fsp3) is 0.346. The Labute approximate surface area is 250 Å². The Morgan fingerprint density at radius 3 is 2.35 bits per heavy atom. The number of hydrogen-bond donors (Lipinski definition) is 1. The van der Waals surface area contributed by atoms with Crippen LogP contribution in [0.5, 0.6) is 0 Å². The Hall–Kier alpha value is -2.67. The number of pyridine rings is 1. The molecule has 2 aliphatic rings. The first kappa shape index (κ1) is 31.9. The van der Waals surface area contributed by atoms with Crippen LogP contribution in [-0.2, 0) is 24.3 Å². The number of hydrazine groups is 1. The summed E-state index contributed by atoms with van der Waals surface area (Å²) >= 11 is 6.04. The predicted molar refractivity (Wildman–Crippen MR) is 157 cm³/mol. The molecule has 216 valence electrons. The standard InChI is InChI=1S/C26H28ClN5O5S.2ClH/c1-37-26(34)24-16-31(38(35,36)23-5-3-18-14-20(27)4-2-19(18)15-23)17-25(33)32(24)29-21-8-12-30(13-9-21)22-6-10-28-11-7-22;;/h2-7,10-11,14-15,21,24,29H,8-9,12-13,16-17H2,1H3;2*1H. The van der Waals surface area contributed by atoms with Crippen molar-refractivity contribution >= 4 is 74.8 Å². The molecule has 0 radical (unpaired) electrons. The van der Waals surface area contributed by atoms with Gasteiger partial charge >= 0.3 is 5.97 Å². The highest BCUT2D eigenvalue weighted by Gasteiger charge is 2.43. The molecule has 1 atom stereocenters. The second-order valence-corrected chi connectivity index (χ2v) is 11.7. The van der Waals surface area contributed by atoms with Crippen molar-refractivity contribution in [2.24, 2.45) is 0 Å². The molecular weight excluding hydrogens is 601 g/mol. The van der Waals surface area contributed by atoms with Crippen LogP contribution in [0.3, 0.4) is 0 Å². The van der Waals surface area contributed by atoms with Crippen molar-refractivity contribution in [1.82, 2.24) is 19.7 Å². The molecule has 1 unspecified atom stereocenters. The van der Waals surface area contributed by atoms with E-state index < -0.39 is 34.5 Å². The van der Waals surface area contributed by atoms with E-state index in [1.165, 1.54) is 18.2 Å². The first-order valence-electron chi connectivity index (χ1n) is 12.3. The number of piperidine rings is 1. The molecule has 3 aromatic rings. The molecule has 1 amide bonds. The van der Waals surface area contributed by atoms with Crippen LogP contribution >= 0.6 is 36.4 Å². The van der Waals surface area contributed by atoms with E-state index in [-0.39, 0.29) is 42.3 Å². The number of anilines is 1. The van der Waals surface area contributed by atoms with Crippen LogP contribution in [0.4, 0.5) is 5.69 Å². The molecule has 40 heavy (non-hydrogen) atoms. The lowest BCUT2D eigenvalue weighted by Gasteiger charge is -2.42. The second kappa shape index (κ2) is 13.3. The van der Waals surface area contributed by atoms with Crippen molar-refractivity contribution in [2.45, 2.75) is 29.8 Å². The number of halogens is 3. The normalized spacial score (nSPS) is 18.6. The number of hydrogen-bond acceptors (Lipinski definition) is 8. The van der Waals surface area contributed by atoms with Crippen molar-refractivity contribution < 1.29 is 22.7 Å². The van der Waals surface area contributed by atoms with Crippen LogP contribution < -0.4 is 10.3 Å². The zero-order chi connectivity index (χ0) is 26.9. The van der Waals surface area contributed by atoms with Gasteiger partial charge in [0.25, 0.3) is 5.91 Å². The van der Waals surface area contributed by atoms with Crippen molar-refractivity contribution in [1.29, 1.82) is 0 Å². The summed E-state index contributed by atoms with van der Waals surface area (Å²) in [4.78, 5) is 32.3. The molecular formula is C26H30Cl3N5O5S. The van der Waals surface area contributed by atoms with Gasteiger partial charge in [-0.3, -0.25) is 14.8 Å². The van der Waals surface area contributed by atoms with Gasteiger partial charge in [-0.1, -0.05) is 23.7 Å². The van der Waals surface area contributed by atoms with Gasteiger partial charge in [0.15, 0.2) is 6.04 Å². The second-order valence-electron chi connectivity index (χ2n) is 9.35. The van der Waals surface area contributed by atoms with Crippen LogP contribution in [-0.4, -0.2) is 80.0 Å². The number of benzene rings is 2. The Morgan fingerprint density at radius 1 is 1.02 bits per heavy atom. The average molecular weight is 631 g/mol. The van der Waals surface area contributed by atoms with Gasteiger partial charge in [0.1, 0.15) is 0 Å². The third-order valence-corrected chi connectivity index (χ3v) is 9.04. The Bertz CT molecular complexity index is 1460. The van der Waals surface area contributed by atoms with E-state index in [0.29, 0.717) is 10.4 Å². The number of sulfonamides is 1. The summed E-state index contributed by atoms with van der Waals surface area (Å²) in [7, 11) is -2.84. The molecule has 0 spiro atoms. The molecule has 0 saturated carbocycles. The first-order chi connectivity index (χ1) is 18.3. The zero-order valence-electron chi connectivity index (χ0n) is 21.6. The van der Waals surface area contributed by atoms with Gasteiger partial charge in [0.05, 0.1) is 18.6 Å². The number of methoxy groups -OCH3 is 1. The van der Waals surface area contributed by atoms with E-state index in [2.05, 4.69) is 15.3 Å². The molecule has 2 fully saturated rings. The summed E-state index contributed by atoms with van der Waals surface area (Å²) < 4.78 is 33.0. The largest absolute Gasteiger partial charge is 0.467 e. The molecule has 5 rings (SSSR count). The number of esters is 1. The minimum atomic E-state index is -4.06. The molecule has 2 aliphatic heterocycles. The van der Waals surface area contributed by atoms with E-state index in [1.807, 2.05) is 12.1 Å². The first-order valence-corrected chi connectivity index (χ1v) is 14.1. The summed E-state index contributed by atoms with van der Waals surface area (Å²) in [5, 5.41) is 3.30. The van der Waals surface area contributed by atoms with Gasteiger partial charge in [0, 0.05) is 48.8 Å². The molecule has 1 N–H and O–H groups in total. The van der Waals surface area contributed by atoms with Gasteiger partial charge < -0.3 is 9.64 Å². The van der Waals surface area contributed by atoms with Gasteiger partial charge in [-0.2, -0.15) is 4.31 Å². The number of nitrogens with zero attached hydrogens (tertiary/aromatic N) is 4. The molecule has 2 aromatic carbocycles. The van der Waals surface area contributed by atoms with Crippen molar-refractivity contribution in [3.63, 3.8) is 0 Å². The number of nitrogens with one attached hydrogen (secondary N) is 1. The van der Waals surface area contributed by atoms with E-state index >= 15 is 0 Å².